The van der Waals surface area contributed by atoms with Crippen LogP contribution in [0, 0.1) is 5.92 Å². The summed E-state index contributed by atoms with van der Waals surface area (Å²) in [6.45, 7) is 1.52. The molecule has 0 aromatic rings. The highest BCUT2D eigenvalue weighted by Crippen LogP contribution is 2.45. The zero-order chi connectivity index (χ0) is 20.6. The molecule has 0 aliphatic carbocycles. The van der Waals surface area contributed by atoms with Crippen LogP contribution in [0.15, 0.2) is 12.3 Å². The predicted molar refractivity (Wildman–Crippen MR) is 87.2 cm³/mol. The Morgan fingerprint density at radius 2 is 2.19 bits per heavy atom. The number of hydrogen-bond donors (Lipinski definition) is 3. The van der Waals surface area contributed by atoms with E-state index in [2.05, 4.69) is 0 Å². The molecule has 2 aliphatic heterocycles. The number of carbonyl (C=O) groups is 3. The van der Waals surface area contributed by atoms with Crippen LogP contribution in [0.2, 0.25) is 0 Å². The Bertz CT molecular complexity index is 709. The second-order valence-corrected chi connectivity index (χ2v) is 8.64. The molecule has 2 aliphatic rings. The van der Waals surface area contributed by atoms with E-state index >= 15 is 0 Å². The zero-order valence-corrected chi connectivity index (χ0v) is 15.5. The number of aliphatic hydroxyl groups is 1. The van der Waals surface area contributed by atoms with Gasteiger partial charge in [0, 0.05) is 6.20 Å². The summed E-state index contributed by atoms with van der Waals surface area (Å²) >= 11 is 0. The summed E-state index contributed by atoms with van der Waals surface area (Å²) in [4.78, 5) is 44.5. The number of halogens is 1. The number of carboxylic acid groups (broad SMARTS) is 1. The van der Waals surface area contributed by atoms with Gasteiger partial charge < -0.3 is 24.4 Å². The Labute approximate surface area is 154 Å². The first kappa shape index (κ1) is 21.6. The fraction of sp³-hybridized carbons (Fsp3) is 0.667. The monoisotopic (exact) mass is 409 g/mol. The van der Waals surface area contributed by atoms with Crippen LogP contribution in [0.3, 0.4) is 0 Å². The fourth-order valence-corrected chi connectivity index (χ4v) is 4.11. The molecule has 12 heteroatoms. The molecule has 6 atom stereocenters. The lowest BCUT2D eigenvalue weighted by atomic mass is 9.97. The van der Waals surface area contributed by atoms with Gasteiger partial charge in [0.1, 0.15) is 12.2 Å². The van der Waals surface area contributed by atoms with Crippen LogP contribution in [-0.2, 0) is 28.2 Å². The molecular formula is C15H21FNO9P. The normalized spacial score (nSPS) is 34.6. The Hall–Kier alpha value is -1.65. The summed E-state index contributed by atoms with van der Waals surface area (Å²) in [5.74, 6) is -3.60. The lowest BCUT2D eigenvalue weighted by Gasteiger charge is -2.32. The molecule has 2 rings (SSSR count). The van der Waals surface area contributed by atoms with Crippen molar-refractivity contribution in [2.24, 2.45) is 5.92 Å². The van der Waals surface area contributed by atoms with E-state index in [0.717, 1.165) is 24.1 Å². The number of alkyl halides is 1. The van der Waals surface area contributed by atoms with Crippen molar-refractivity contribution in [3.8, 4) is 0 Å². The Morgan fingerprint density at radius 3 is 2.74 bits per heavy atom. The van der Waals surface area contributed by atoms with Gasteiger partial charge in [0.2, 0.25) is 5.91 Å². The van der Waals surface area contributed by atoms with Crippen LogP contribution >= 0.6 is 7.60 Å². The molecule has 10 nitrogen and oxygen atoms in total. The van der Waals surface area contributed by atoms with Crippen molar-refractivity contribution in [2.75, 3.05) is 12.8 Å². The quantitative estimate of drug-likeness (QED) is 0.391. The van der Waals surface area contributed by atoms with E-state index in [0.29, 0.717) is 0 Å². The molecular weight excluding hydrogens is 388 g/mol. The number of nitrogens with zero attached hydrogens (tertiary/aromatic N) is 1. The van der Waals surface area contributed by atoms with Crippen molar-refractivity contribution in [1.82, 2.24) is 4.90 Å². The molecule has 0 radical (unpaired) electrons. The van der Waals surface area contributed by atoms with E-state index in [-0.39, 0.29) is 0 Å². The second kappa shape index (κ2) is 7.76. The first-order chi connectivity index (χ1) is 12.3. The van der Waals surface area contributed by atoms with Gasteiger partial charge in [0.25, 0.3) is 0 Å². The highest BCUT2D eigenvalue weighted by molar-refractivity contribution is 7.52. The van der Waals surface area contributed by atoms with Crippen LogP contribution in [-0.4, -0.2) is 74.5 Å². The smallest absolute Gasteiger partial charge is 0.329 e. The fourth-order valence-electron chi connectivity index (χ4n) is 2.77. The number of aliphatic hydroxyl groups excluding tert-OH is 1. The molecule has 27 heavy (non-hydrogen) atoms. The number of ketones is 1. The molecule has 0 aromatic carbocycles. The van der Waals surface area contributed by atoms with Crippen molar-refractivity contribution in [1.29, 1.82) is 0 Å². The maximum Gasteiger partial charge on any atom is 0.329 e. The number of ether oxygens (including phenoxy) is 1. The van der Waals surface area contributed by atoms with E-state index in [4.69, 9.17) is 14.4 Å². The number of carboxylic acids is 1. The number of aliphatic carboxylic acids is 1. The molecule has 1 saturated heterocycles. The van der Waals surface area contributed by atoms with Crippen molar-refractivity contribution in [3.63, 3.8) is 0 Å². The van der Waals surface area contributed by atoms with Gasteiger partial charge >= 0.3 is 13.6 Å². The topological polar surface area (TPSA) is 151 Å². The Kier molecular flexibility index (Phi) is 6.23. The van der Waals surface area contributed by atoms with Crippen LogP contribution in [0.4, 0.5) is 4.39 Å². The van der Waals surface area contributed by atoms with E-state index in [1.54, 1.807) is 0 Å². The van der Waals surface area contributed by atoms with E-state index in [1.807, 2.05) is 0 Å². The molecule has 0 bridgehead atoms. The Morgan fingerprint density at radius 1 is 1.56 bits per heavy atom. The van der Waals surface area contributed by atoms with E-state index < -0.39 is 74.5 Å². The largest absolute Gasteiger partial charge is 0.481 e. The summed E-state index contributed by atoms with van der Waals surface area (Å²) in [6.07, 6.45) is -3.75. The second-order valence-electron chi connectivity index (χ2n) is 6.74. The van der Waals surface area contributed by atoms with Gasteiger partial charge in [-0.05, 0) is 13.0 Å². The van der Waals surface area contributed by atoms with Gasteiger partial charge in [0.15, 0.2) is 17.7 Å². The molecule has 0 aromatic heterocycles. The minimum absolute atomic E-state index is 0.455. The third-order valence-electron chi connectivity index (χ3n) is 4.37. The van der Waals surface area contributed by atoms with Crippen molar-refractivity contribution in [3.05, 3.63) is 12.3 Å². The first-order valence-corrected chi connectivity index (χ1v) is 9.85. The van der Waals surface area contributed by atoms with E-state index in [1.165, 1.54) is 6.92 Å². The summed E-state index contributed by atoms with van der Waals surface area (Å²) in [6, 6.07) is 0. The van der Waals surface area contributed by atoms with Gasteiger partial charge in [-0.1, -0.05) is 6.92 Å². The third-order valence-corrected chi connectivity index (χ3v) is 5.93. The maximum absolute atomic E-state index is 15.0. The molecule has 1 unspecified atom stereocenters. The lowest BCUT2D eigenvalue weighted by Crippen LogP contribution is -2.51. The van der Waals surface area contributed by atoms with Crippen molar-refractivity contribution in [2.45, 2.75) is 44.4 Å². The molecule has 0 spiro atoms. The van der Waals surface area contributed by atoms with E-state index in [9.17, 15) is 33.3 Å². The molecule has 0 saturated carbocycles. The first-order valence-electron chi connectivity index (χ1n) is 8.09. The highest BCUT2D eigenvalue weighted by atomic mass is 31.2. The number of rotatable bonds is 7. The minimum Gasteiger partial charge on any atom is -0.481 e. The van der Waals surface area contributed by atoms with Crippen LogP contribution in [0.5, 0.6) is 0 Å². The molecule has 1 amide bonds. The average Bonchev–Trinajstić information content (AvgIpc) is 2.76. The van der Waals surface area contributed by atoms with Crippen LogP contribution in [0.1, 0.15) is 20.3 Å². The summed E-state index contributed by atoms with van der Waals surface area (Å²) in [7, 11) is -4.33. The van der Waals surface area contributed by atoms with Gasteiger partial charge in [-0.25, -0.2) is 4.39 Å². The SMILES string of the molecule is C[C@H](CP(=O)(O)OC[C@H]1O[C@@H](N2C=CC(=O)CC2=O)[C@](C)(F)[C@@H]1O)C(=O)O. The van der Waals surface area contributed by atoms with Crippen LogP contribution in [0.25, 0.3) is 0 Å². The minimum atomic E-state index is -4.33. The summed E-state index contributed by atoms with van der Waals surface area (Å²) < 4.78 is 37.0. The molecule has 3 N–H and O–H groups in total. The number of amides is 1. The molecule has 2 heterocycles. The number of allylic oxidation sites excluding steroid dienone is 1. The summed E-state index contributed by atoms with van der Waals surface area (Å²) in [5, 5.41) is 18.9. The average molecular weight is 409 g/mol. The van der Waals surface area contributed by atoms with Gasteiger partial charge in [-0.15, -0.1) is 0 Å². The van der Waals surface area contributed by atoms with Crippen molar-refractivity contribution < 1.29 is 47.7 Å². The van der Waals surface area contributed by atoms with Gasteiger partial charge in [-0.2, -0.15) is 0 Å². The Balaban J connectivity index is 2.06. The summed E-state index contributed by atoms with van der Waals surface area (Å²) in [5.41, 5.74) is -2.44. The lowest BCUT2D eigenvalue weighted by molar-refractivity contribution is -0.150. The predicted octanol–water partition coefficient (Wildman–Crippen LogP) is 0.0382. The number of carbonyl (C=O) groups excluding carboxylic acids is 2. The third kappa shape index (κ3) is 4.80. The number of hydrogen-bond acceptors (Lipinski definition) is 7. The van der Waals surface area contributed by atoms with Gasteiger partial charge in [-0.3, -0.25) is 23.8 Å². The molecule has 152 valence electrons. The zero-order valence-electron chi connectivity index (χ0n) is 14.6. The molecule has 1 fully saturated rings. The van der Waals surface area contributed by atoms with Crippen LogP contribution < -0.4 is 0 Å². The maximum atomic E-state index is 15.0. The standard InChI is InChI=1S/C15H21FNO9P/c1-8(13(21)22)7-27(23,24)25-6-10-12(20)15(2,16)14(26-10)17-4-3-9(18)5-11(17)19/h3-4,8,10,12,14,20H,5-7H2,1-2H3,(H,21,22)(H,23,24)/t8-,10-,12-,14-,15-/m1/s1. The van der Waals surface area contributed by atoms with Gasteiger partial charge in [0.05, 0.1) is 25.1 Å². The van der Waals surface area contributed by atoms with Crippen molar-refractivity contribution >= 4 is 25.3 Å². The highest BCUT2D eigenvalue weighted by Gasteiger charge is 2.57.